The van der Waals surface area contributed by atoms with Gasteiger partial charge in [-0.05, 0) is 39.1 Å². The molecule has 0 aromatic heterocycles. The van der Waals surface area contributed by atoms with E-state index in [4.69, 9.17) is 11.6 Å². The molecule has 1 atom stereocenters. The highest BCUT2D eigenvalue weighted by molar-refractivity contribution is 6.30. The van der Waals surface area contributed by atoms with Gasteiger partial charge in [0.05, 0.1) is 0 Å². The van der Waals surface area contributed by atoms with E-state index < -0.39 is 0 Å². The van der Waals surface area contributed by atoms with Crippen LogP contribution in [-0.4, -0.2) is 54.2 Å². The number of likely N-dealkylation sites (N-methyl/N-ethyl adjacent to an activating group) is 1. The van der Waals surface area contributed by atoms with Crippen LogP contribution in [0.1, 0.15) is 19.4 Å². The van der Waals surface area contributed by atoms with Crippen LogP contribution in [0.15, 0.2) is 23.8 Å². The molecular formula is C16H23ClN2O. The summed E-state index contributed by atoms with van der Waals surface area (Å²) in [6.07, 6.45) is 2.02. The van der Waals surface area contributed by atoms with Gasteiger partial charge in [0, 0.05) is 42.8 Å². The second-order valence-corrected chi connectivity index (χ2v) is 6.20. The molecule has 1 aromatic rings. The molecular weight excluding hydrogens is 272 g/mol. The molecule has 0 unspecified atom stereocenters. The first-order chi connectivity index (χ1) is 9.45. The summed E-state index contributed by atoms with van der Waals surface area (Å²) in [5.41, 5.74) is 2.02. The highest BCUT2D eigenvalue weighted by Crippen LogP contribution is 2.24. The zero-order chi connectivity index (χ0) is 14.7. The van der Waals surface area contributed by atoms with Gasteiger partial charge >= 0.3 is 0 Å². The maximum Gasteiger partial charge on any atom is 0.122 e. The molecule has 0 spiro atoms. The van der Waals surface area contributed by atoms with Crippen LogP contribution in [0.4, 0.5) is 0 Å². The topological polar surface area (TPSA) is 26.7 Å². The van der Waals surface area contributed by atoms with Gasteiger partial charge < -0.3 is 10.0 Å². The van der Waals surface area contributed by atoms with Crippen molar-refractivity contribution in [3.63, 3.8) is 0 Å². The molecule has 0 radical (unpaired) electrons. The van der Waals surface area contributed by atoms with Crippen molar-refractivity contribution in [3.8, 4) is 5.75 Å². The number of halogens is 1. The first kappa shape index (κ1) is 15.4. The third-order valence-corrected chi connectivity index (χ3v) is 4.14. The smallest absolute Gasteiger partial charge is 0.122 e. The Morgan fingerprint density at radius 1 is 1.45 bits per heavy atom. The van der Waals surface area contributed by atoms with Gasteiger partial charge in [0.25, 0.3) is 0 Å². The predicted molar refractivity (Wildman–Crippen MR) is 85.3 cm³/mol. The van der Waals surface area contributed by atoms with Crippen molar-refractivity contribution < 1.29 is 5.11 Å². The third kappa shape index (κ3) is 3.98. The molecule has 1 aromatic carbocycles. The molecule has 20 heavy (non-hydrogen) atoms. The second kappa shape index (κ2) is 6.61. The number of benzene rings is 1. The first-order valence-corrected chi connectivity index (χ1v) is 7.42. The quantitative estimate of drug-likeness (QED) is 0.928. The highest BCUT2D eigenvalue weighted by atomic mass is 35.5. The molecule has 1 N–H and O–H groups in total. The number of hydrogen-bond acceptors (Lipinski definition) is 3. The van der Waals surface area contributed by atoms with Crippen LogP contribution in [0.2, 0.25) is 5.02 Å². The van der Waals surface area contributed by atoms with Gasteiger partial charge in [-0.2, -0.15) is 0 Å². The monoisotopic (exact) mass is 294 g/mol. The van der Waals surface area contributed by atoms with E-state index in [9.17, 15) is 5.11 Å². The van der Waals surface area contributed by atoms with Crippen LogP contribution >= 0.6 is 11.6 Å². The van der Waals surface area contributed by atoms with Crippen molar-refractivity contribution in [2.75, 3.05) is 33.2 Å². The lowest BCUT2D eigenvalue weighted by Crippen LogP contribution is -2.50. The Labute approximate surface area is 126 Å². The summed E-state index contributed by atoms with van der Waals surface area (Å²) < 4.78 is 0. The van der Waals surface area contributed by atoms with Crippen molar-refractivity contribution in [1.29, 1.82) is 0 Å². The Balaban J connectivity index is 2.02. The lowest BCUT2D eigenvalue weighted by atomic mass is 10.1. The van der Waals surface area contributed by atoms with Crippen LogP contribution in [0.25, 0.3) is 6.08 Å². The second-order valence-electron chi connectivity index (χ2n) is 5.76. The van der Waals surface area contributed by atoms with E-state index in [0.717, 1.165) is 31.7 Å². The summed E-state index contributed by atoms with van der Waals surface area (Å²) >= 11 is 5.97. The Morgan fingerprint density at radius 3 is 2.90 bits per heavy atom. The fraction of sp³-hybridized carbons (Fsp3) is 0.500. The van der Waals surface area contributed by atoms with Gasteiger partial charge in [0.1, 0.15) is 5.75 Å². The number of phenolic OH excluding ortho intramolecular Hbond substituents is 1. The molecule has 1 saturated heterocycles. The molecule has 2 rings (SSSR count). The van der Waals surface area contributed by atoms with E-state index in [2.05, 4.69) is 30.7 Å². The molecule has 3 nitrogen and oxygen atoms in total. The average molecular weight is 295 g/mol. The molecule has 0 amide bonds. The highest BCUT2D eigenvalue weighted by Gasteiger charge is 2.20. The van der Waals surface area contributed by atoms with E-state index in [1.54, 1.807) is 18.2 Å². The van der Waals surface area contributed by atoms with E-state index >= 15 is 0 Å². The predicted octanol–water partition coefficient (Wildman–Crippen LogP) is 3.08. The summed E-state index contributed by atoms with van der Waals surface area (Å²) in [6, 6.07) is 5.73. The summed E-state index contributed by atoms with van der Waals surface area (Å²) in [7, 11) is 2.18. The largest absolute Gasteiger partial charge is 0.507 e. The van der Waals surface area contributed by atoms with E-state index in [0.29, 0.717) is 11.1 Å². The summed E-state index contributed by atoms with van der Waals surface area (Å²) in [5.74, 6) is 0.278. The number of nitrogens with zero attached hydrogens (tertiary/aromatic N) is 2. The molecule has 1 fully saturated rings. The van der Waals surface area contributed by atoms with E-state index in [1.807, 2.05) is 6.08 Å². The van der Waals surface area contributed by atoms with Crippen molar-refractivity contribution in [2.45, 2.75) is 19.9 Å². The van der Waals surface area contributed by atoms with Gasteiger partial charge in [-0.1, -0.05) is 23.3 Å². The number of piperazine rings is 1. The molecule has 110 valence electrons. The number of aromatic hydroxyl groups is 1. The summed E-state index contributed by atoms with van der Waals surface area (Å²) in [6.45, 7) is 8.58. The Kier molecular flexibility index (Phi) is 5.08. The molecule has 1 heterocycles. The van der Waals surface area contributed by atoms with Gasteiger partial charge in [-0.3, -0.25) is 4.90 Å². The normalized spacial score (nSPS) is 22.2. The minimum absolute atomic E-state index is 0.278. The van der Waals surface area contributed by atoms with Crippen molar-refractivity contribution in [3.05, 3.63) is 34.4 Å². The van der Waals surface area contributed by atoms with Gasteiger partial charge in [0.2, 0.25) is 0 Å². The molecule has 4 heteroatoms. The van der Waals surface area contributed by atoms with Crippen LogP contribution in [0.5, 0.6) is 5.75 Å². The summed E-state index contributed by atoms with van der Waals surface area (Å²) in [5, 5.41) is 10.5. The molecule has 1 aliphatic heterocycles. The fourth-order valence-electron chi connectivity index (χ4n) is 2.57. The number of hydrogen-bond donors (Lipinski definition) is 1. The first-order valence-electron chi connectivity index (χ1n) is 7.04. The van der Waals surface area contributed by atoms with E-state index in [1.165, 1.54) is 5.57 Å². The standard InChI is InChI=1S/C16H23ClN2O/c1-12(8-14-9-15(17)4-5-16(14)20)10-19-7-6-18(3)13(2)11-19/h4-5,8-9,13,20H,6-7,10-11H2,1-3H3/b12-8+/t13-/m0/s1. The Hall–Kier alpha value is -1.03. The van der Waals surface area contributed by atoms with E-state index in [-0.39, 0.29) is 5.75 Å². The van der Waals surface area contributed by atoms with Gasteiger partial charge in [-0.25, -0.2) is 0 Å². The lowest BCUT2D eigenvalue weighted by Gasteiger charge is -2.37. The van der Waals surface area contributed by atoms with Gasteiger partial charge in [0.15, 0.2) is 0 Å². The molecule has 1 aliphatic rings. The van der Waals surface area contributed by atoms with Crippen molar-refractivity contribution >= 4 is 17.7 Å². The minimum Gasteiger partial charge on any atom is -0.507 e. The lowest BCUT2D eigenvalue weighted by molar-refractivity contribution is 0.113. The number of phenols is 1. The third-order valence-electron chi connectivity index (χ3n) is 3.91. The zero-order valence-corrected chi connectivity index (χ0v) is 13.2. The maximum absolute atomic E-state index is 9.84. The zero-order valence-electron chi connectivity index (χ0n) is 12.4. The van der Waals surface area contributed by atoms with Crippen LogP contribution < -0.4 is 0 Å². The van der Waals surface area contributed by atoms with Crippen molar-refractivity contribution in [1.82, 2.24) is 9.80 Å². The Morgan fingerprint density at radius 2 is 2.20 bits per heavy atom. The minimum atomic E-state index is 0.278. The number of rotatable bonds is 3. The molecule has 0 aliphatic carbocycles. The fourth-order valence-corrected chi connectivity index (χ4v) is 2.75. The average Bonchev–Trinajstić information content (AvgIpc) is 2.38. The maximum atomic E-state index is 9.84. The molecule has 0 bridgehead atoms. The van der Waals surface area contributed by atoms with Gasteiger partial charge in [-0.15, -0.1) is 0 Å². The van der Waals surface area contributed by atoms with Crippen molar-refractivity contribution in [2.24, 2.45) is 0 Å². The van der Waals surface area contributed by atoms with Crippen LogP contribution in [-0.2, 0) is 0 Å². The SMILES string of the molecule is C/C(=C\c1cc(Cl)ccc1O)CN1CCN(C)[C@@H](C)C1. The Bertz CT molecular complexity index is 501. The van der Waals surface area contributed by atoms with Crippen LogP contribution in [0.3, 0.4) is 0 Å². The summed E-state index contributed by atoms with van der Waals surface area (Å²) in [4.78, 5) is 4.84. The van der Waals surface area contributed by atoms with Crippen LogP contribution in [0, 0.1) is 0 Å². The molecule has 0 saturated carbocycles.